The van der Waals surface area contributed by atoms with E-state index >= 15 is 0 Å². The summed E-state index contributed by atoms with van der Waals surface area (Å²) in [5.41, 5.74) is 4.21. The van der Waals surface area contributed by atoms with Gasteiger partial charge in [-0.3, -0.25) is 9.78 Å². The number of carbonyl (C=O) groups excluding carboxylic acids is 1. The molecule has 25 heavy (non-hydrogen) atoms. The second kappa shape index (κ2) is 9.18. The fourth-order valence-electron chi connectivity index (χ4n) is 2.69. The van der Waals surface area contributed by atoms with Crippen molar-refractivity contribution in [2.45, 2.75) is 46.9 Å². The number of amides is 1. The summed E-state index contributed by atoms with van der Waals surface area (Å²) in [4.78, 5) is 15.9. The molecule has 5 heteroatoms. The van der Waals surface area contributed by atoms with E-state index in [1.807, 2.05) is 45.9 Å². The molecule has 0 unspecified atom stereocenters. The summed E-state index contributed by atoms with van der Waals surface area (Å²) in [6.07, 6.45) is 1.77. The second-order valence-electron chi connectivity index (χ2n) is 6.49. The van der Waals surface area contributed by atoms with Gasteiger partial charge in [-0.15, -0.1) is 0 Å². The highest BCUT2D eigenvalue weighted by Crippen LogP contribution is 2.25. The number of benzene rings is 1. The molecule has 2 rings (SSSR count). The topological polar surface area (TPSA) is 63.2 Å². The van der Waals surface area contributed by atoms with Gasteiger partial charge in [-0.1, -0.05) is 18.2 Å². The van der Waals surface area contributed by atoms with Gasteiger partial charge in [0.2, 0.25) is 5.91 Å². The SMILES string of the molecule is Cc1cc(CNCC(=O)NC(C)C)cc(C)c1OCc1ccccn1. The van der Waals surface area contributed by atoms with E-state index in [9.17, 15) is 4.79 Å². The fraction of sp³-hybridized carbons (Fsp3) is 0.400. The first kappa shape index (κ1) is 18.9. The lowest BCUT2D eigenvalue weighted by Crippen LogP contribution is -2.37. The van der Waals surface area contributed by atoms with E-state index < -0.39 is 0 Å². The Morgan fingerprint density at radius 3 is 2.52 bits per heavy atom. The van der Waals surface area contributed by atoms with Crippen LogP contribution < -0.4 is 15.4 Å². The summed E-state index contributed by atoms with van der Waals surface area (Å²) in [6, 6.07) is 10.1. The quantitative estimate of drug-likeness (QED) is 0.775. The van der Waals surface area contributed by atoms with Crippen LogP contribution in [0.1, 0.15) is 36.2 Å². The maximum atomic E-state index is 11.7. The molecule has 1 aromatic carbocycles. The van der Waals surface area contributed by atoms with Gasteiger partial charge in [-0.2, -0.15) is 0 Å². The molecule has 1 heterocycles. The number of ether oxygens (including phenoxy) is 1. The predicted octanol–water partition coefficient (Wildman–Crippen LogP) is 2.89. The first-order valence-corrected chi connectivity index (χ1v) is 8.58. The summed E-state index contributed by atoms with van der Waals surface area (Å²) < 4.78 is 5.95. The molecule has 0 aliphatic rings. The van der Waals surface area contributed by atoms with Crippen LogP contribution in [0.25, 0.3) is 0 Å². The lowest BCUT2D eigenvalue weighted by atomic mass is 10.1. The molecular weight excluding hydrogens is 314 g/mol. The van der Waals surface area contributed by atoms with Crippen molar-refractivity contribution in [3.05, 3.63) is 58.9 Å². The Morgan fingerprint density at radius 1 is 1.20 bits per heavy atom. The highest BCUT2D eigenvalue weighted by molar-refractivity contribution is 5.78. The molecule has 2 N–H and O–H groups in total. The Bertz CT molecular complexity index is 676. The Morgan fingerprint density at radius 2 is 1.92 bits per heavy atom. The van der Waals surface area contributed by atoms with Crippen molar-refractivity contribution in [2.24, 2.45) is 0 Å². The van der Waals surface area contributed by atoms with Gasteiger partial charge in [0.25, 0.3) is 0 Å². The molecule has 0 saturated heterocycles. The average molecular weight is 341 g/mol. The van der Waals surface area contributed by atoms with Gasteiger partial charge in [0, 0.05) is 18.8 Å². The number of hydrogen-bond acceptors (Lipinski definition) is 4. The average Bonchev–Trinajstić information content (AvgIpc) is 2.54. The monoisotopic (exact) mass is 341 g/mol. The van der Waals surface area contributed by atoms with E-state index in [0.717, 1.165) is 28.1 Å². The molecule has 5 nitrogen and oxygen atoms in total. The second-order valence-corrected chi connectivity index (χ2v) is 6.49. The third-order valence-electron chi connectivity index (χ3n) is 3.67. The number of pyridine rings is 1. The standard InChI is InChI=1S/C20H27N3O2/c1-14(2)23-19(24)12-21-11-17-9-15(3)20(16(4)10-17)25-13-18-7-5-6-8-22-18/h5-10,14,21H,11-13H2,1-4H3,(H,23,24). The van der Waals surface area contributed by atoms with Crippen molar-refractivity contribution in [1.29, 1.82) is 0 Å². The van der Waals surface area contributed by atoms with Gasteiger partial charge in [0.15, 0.2) is 0 Å². The van der Waals surface area contributed by atoms with E-state index in [1.54, 1.807) is 6.20 Å². The largest absolute Gasteiger partial charge is 0.487 e. The van der Waals surface area contributed by atoms with E-state index in [-0.39, 0.29) is 11.9 Å². The van der Waals surface area contributed by atoms with Gasteiger partial charge in [-0.05, 0) is 56.5 Å². The number of rotatable bonds is 8. The summed E-state index contributed by atoms with van der Waals surface area (Å²) >= 11 is 0. The molecule has 0 aliphatic heterocycles. The molecule has 1 aromatic heterocycles. The molecule has 0 radical (unpaired) electrons. The Balaban J connectivity index is 1.91. The van der Waals surface area contributed by atoms with Crippen LogP contribution in [0.3, 0.4) is 0 Å². The first-order valence-electron chi connectivity index (χ1n) is 8.58. The van der Waals surface area contributed by atoms with E-state index in [1.165, 1.54) is 0 Å². The minimum absolute atomic E-state index is 0.0127. The third kappa shape index (κ3) is 6.19. The van der Waals surface area contributed by atoms with Crippen molar-refractivity contribution in [3.8, 4) is 5.75 Å². The highest BCUT2D eigenvalue weighted by atomic mass is 16.5. The van der Waals surface area contributed by atoms with Crippen LogP contribution in [0.15, 0.2) is 36.5 Å². The molecule has 1 amide bonds. The zero-order chi connectivity index (χ0) is 18.2. The summed E-state index contributed by atoms with van der Waals surface area (Å²) in [5, 5.41) is 6.04. The number of nitrogens with zero attached hydrogens (tertiary/aromatic N) is 1. The lowest BCUT2D eigenvalue weighted by molar-refractivity contribution is -0.120. The molecule has 2 aromatic rings. The van der Waals surface area contributed by atoms with Crippen LogP contribution in [0.2, 0.25) is 0 Å². The summed E-state index contributed by atoms with van der Waals surface area (Å²) in [5.74, 6) is 0.908. The van der Waals surface area contributed by atoms with Crippen LogP contribution in [0.4, 0.5) is 0 Å². The van der Waals surface area contributed by atoms with E-state index in [0.29, 0.717) is 19.7 Å². The molecule has 0 bridgehead atoms. The van der Waals surface area contributed by atoms with Crippen molar-refractivity contribution in [2.75, 3.05) is 6.54 Å². The van der Waals surface area contributed by atoms with Crippen molar-refractivity contribution < 1.29 is 9.53 Å². The third-order valence-corrected chi connectivity index (χ3v) is 3.67. The highest BCUT2D eigenvalue weighted by Gasteiger charge is 2.08. The molecule has 0 aliphatic carbocycles. The van der Waals surface area contributed by atoms with E-state index in [2.05, 4.69) is 27.8 Å². The lowest BCUT2D eigenvalue weighted by Gasteiger charge is -2.14. The normalized spacial score (nSPS) is 10.8. The number of carbonyl (C=O) groups is 1. The van der Waals surface area contributed by atoms with Gasteiger partial charge >= 0.3 is 0 Å². The van der Waals surface area contributed by atoms with Crippen LogP contribution in [0, 0.1) is 13.8 Å². The zero-order valence-corrected chi connectivity index (χ0v) is 15.4. The van der Waals surface area contributed by atoms with Crippen molar-refractivity contribution in [3.63, 3.8) is 0 Å². The Hall–Kier alpha value is -2.40. The minimum atomic E-state index is 0.0127. The minimum Gasteiger partial charge on any atom is -0.487 e. The fourth-order valence-corrected chi connectivity index (χ4v) is 2.69. The van der Waals surface area contributed by atoms with Crippen molar-refractivity contribution >= 4 is 5.91 Å². The van der Waals surface area contributed by atoms with Gasteiger partial charge in [-0.25, -0.2) is 0 Å². The van der Waals surface area contributed by atoms with Crippen LogP contribution in [-0.4, -0.2) is 23.5 Å². The summed E-state index contributed by atoms with van der Waals surface area (Å²) in [7, 11) is 0. The molecule has 0 fully saturated rings. The molecule has 134 valence electrons. The van der Waals surface area contributed by atoms with Crippen LogP contribution in [-0.2, 0) is 17.9 Å². The van der Waals surface area contributed by atoms with Gasteiger partial charge in [0.1, 0.15) is 12.4 Å². The molecule has 0 atom stereocenters. The van der Waals surface area contributed by atoms with Crippen LogP contribution >= 0.6 is 0 Å². The molecule has 0 saturated carbocycles. The van der Waals surface area contributed by atoms with Gasteiger partial charge in [0.05, 0.1) is 12.2 Å². The van der Waals surface area contributed by atoms with Gasteiger partial charge < -0.3 is 15.4 Å². The maximum absolute atomic E-state index is 11.7. The predicted molar refractivity (Wildman–Crippen MR) is 99.5 cm³/mol. The smallest absolute Gasteiger partial charge is 0.234 e. The first-order chi connectivity index (χ1) is 12.0. The maximum Gasteiger partial charge on any atom is 0.234 e. The number of nitrogens with one attached hydrogen (secondary N) is 2. The van der Waals surface area contributed by atoms with Crippen LogP contribution in [0.5, 0.6) is 5.75 Å². The Kier molecular flexibility index (Phi) is 6.95. The zero-order valence-electron chi connectivity index (χ0n) is 15.4. The molecular formula is C20H27N3O2. The number of aromatic nitrogens is 1. The molecule has 0 spiro atoms. The van der Waals surface area contributed by atoms with Crippen molar-refractivity contribution in [1.82, 2.24) is 15.6 Å². The summed E-state index contributed by atoms with van der Waals surface area (Å²) in [6.45, 7) is 9.39. The van der Waals surface area contributed by atoms with E-state index in [4.69, 9.17) is 4.74 Å². The number of aryl methyl sites for hydroxylation is 2. The number of hydrogen-bond donors (Lipinski definition) is 2. The Labute approximate surface area is 149 Å².